The fourth-order valence-electron chi connectivity index (χ4n) is 9.55. The van der Waals surface area contributed by atoms with E-state index < -0.39 is 0 Å². The van der Waals surface area contributed by atoms with Gasteiger partial charge in [0.05, 0.1) is 0 Å². The highest BCUT2D eigenvalue weighted by Gasteiger charge is 2.57. The predicted octanol–water partition coefficient (Wildman–Crippen LogP) is 9.57. The van der Waals surface area contributed by atoms with Crippen LogP contribution < -0.4 is 0 Å². The first-order valence-electron chi connectivity index (χ1n) is 13.9. The van der Waals surface area contributed by atoms with Gasteiger partial charge in [0.1, 0.15) is 0 Å². The van der Waals surface area contributed by atoms with Gasteiger partial charge in [-0.2, -0.15) is 0 Å². The van der Waals surface area contributed by atoms with E-state index in [4.69, 9.17) is 0 Å². The van der Waals surface area contributed by atoms with Gasteiger partial charge in [-0.3, -0.25) is 0 Å². The second-order valence-electron chi connectivity index (χ2n) is 13.2. The molecular formula is C29H52. The Bertz CT molecular complexity index is 518. The van der Waals surface area contributed by atoms with Gasteiger partial charge in [-0.15, -0.1) is 0 Å². The Morgan fingerprint density at radius 3 is 1.79 bits per heavy atom. The summed E-state index contributed by atoms with van der Waals surface area (Å²) in [5.41, 5.74) is 1.66. The minimum absolute atomic E-state index is 0.525. The van der Waals surface area contributed by atoms with Gasteiger partial charge in [0.2, 0.25) is 0 Å². The minimum atomic E-state index is 0.525. The molecule has 0 N–H and O–H groups in total. The van der Waals surface area contributed by atoms with E-state index in [1.807, 2.05) is 0 Å². The molecule has 0 aromatic rings. The van der Waals surface area contributed by atoms with E-state index >= 15 is 0 Å². The van der Waals surface area contributed by atoms with Crippen LogP contribution >= 0.6 is 0 Å². The van der Waals surface area contributed by atoms with Crippen LogP contribution in [0.5, 0.6) is 0 Å². The van der Waals surface area contributed by atoms with Gasteiger partial charge >= 0.3 is 0 Å². The topological polar surface area (TPSA) is 0 Å². The van der Waals surface area contributed by atoms with Gasteiger partial charge in [-0.1, -0.05) is 98.3 Å². The first-order chi connectivity index (χ1) is 13.9. The fraction of sp³-hybridized carbons (Fsp3) is 1.00. The predicted molar refractivity (Wildman–Crippen MR) is 127 cm³/mol. The third-order valence-electron chi connectivity index (χ3n) is 11.3. The molecule has 0 nitrogen and oxygen atoms in total. The van der Waals surface area contributed by atoms with Gasteiger partial charge in [-0.05, 0) is 84.9 Å². The minimum Gasteiger partial charge on any atom is -0.0596 e. The first-order valence-corrected chi connectivity index (χ1v) is 13.9. The third kappa shape index (κ3) is 4.22. The second-order valence-corrected chi connectivity index (χ2v) is 13.2. The Morgan fingerprint density at radius 1 is 0.621 bits per heavy atom. The van der Waals surface area contributed by atoms with E-state index in [2.05, 4.69) is 27.7 Å². The molecule has 4 unspecified atom stereocenters. The van der Waals surface area contributed by atoms with Crippen molar-refractivity contribution in [3.05, 3.63) is 0 Å². The number of hydrogen-bond acceptors (Lipinski definition) is 0. The molecule has 0 saturated heterocycles. The van der Waals surface area contributed by atoms with Crippen LogP contribution in [-0.2, 0) is 0 Å². The van der Waals surface area contributed by atoms with E-state index in [-0.39, 0.29) is 0 Å². The highest BCUT2D eigenvalue weighted by Crippen LogP contribution is 2.66. The molecule has 4 rings (SSSR count). The van der Waals surface area contributed by atoms with E-state index in [9.17, 15) is 0 Å². The summed E-state index contributed by atoms with van der Waals surface area (Å²) in [6.45, 7) is 11.0. The lowest BCUT2D eigenvalue weighted by atomic mass is 9.42. The molecule has 0 aliphatic heterocycles. The molecule has 29 heavy (non-hydrogen) atoms. The molecular weight excluding hydrogens is 348 g/mol. The summed E-state index contributed by atoms with van der Waals surface area (Å²) >= 11 is 0. The molecule has 0 aromatic heterocycles. The van der Waals surface area contributed by atoms with Gasteiger partial charge < -0.3 is 0 Å². The number of hydrogen-bond donors (Lipinski definition) is 0. The molecule has 0 heterocycles. The molecule has 0 heteroatoms. The molecule has 0 spiro atoms. The van der Waals surface area contributed by atoms with Crippen molar-refractivity contribution in [1.29, 1.82) is 0 Å². The maximum absolute atomic E-state index is 2.84. The van der Waals surface area contributed by atoms with Crippen LogP contribution in [0.15, 0.2) is 0 Å². The first kappa shape index (κ1) is 22.2. The van der Waals surface area contributed by atoms with Crippen LogP contribution in [0, 0.1) is 39.9 Å². The Labute approximate surface area is 183 Å². The van der Waals surface area contributed by atoms with Crippen LogP contribution in [0.1, 0.15) is 143 Å². The Balaban J connectivity index is 1.66. The SMILES string of the molecule is CC(C)(CC(C)(C1CCCCC1)C1(C)CCCC2CCCCC21)C1CCCCC1. The summed E-state index contributed by atoms with van der Waals surface area (Å²) < 4.78 is 0. The van der Waals surface area contributed by atoms with E-state index in [1.165, 1.54) is 96.3 Å². The molecule has 4 saturated carbocycles. The quantitative estimate of drug-likeness (QED) is 0.431. The number of rotatable bonds is 5. The molecule has 0 radical (unpaired) electrons. The largest absolute Gasteiger partial charge is 0.0596 e. The highest BCUT2D eigenvalue weighted by molar-refractivity contribution is 5.07. The van der Waals surface area contributed by atoms with Crippen LogP contribution in [0.3, 0.4) is 0 Å². The van der Waals surface area contributed by atoms with Crippen molar-refractivity contribution in [2.24, 2.45) is 39.9 Å². The zero-order valence-corrected chi connectivity index (χ0v) is 20.5. The van der Waals surface area contributed by atoms with Gasteiger partial charge in [0.25, 0.3) is 0 Å². The zero-order chi connectivity index (χ0) is 20.5. The smallest absolute Gasteiger partial charge is 0.0236 e. The number of fused-ring (bicyclic) bond motifs is 1. The summed E-state index contributed by atoms with van der Waals surface area (Å²) in [4.78, 5) is 0. The average molecular weight is 401 g/mol. The van der Waals surface area contributed by atoms with E-state index in [0.29, 0.717) is 16.2 Å². The zero-order valence-electron chi connectivity index (χ0n) is 20.5. The van der Waals surface area contributed by atoms with Crippen molar-refractivity contribution in [3.8, 4) is 0 Å². The van der Waals surface area contributed by atoms with Gasteiger partial charge in [0.15, 0.2) is 0 Å². The molecule has 4 aliphatic carbocycles. The fourth-order valence-corrected chi connectivity index (χ4v) is 9.55. The molecule has 4 atom stereocenters. The second kappa shape index (κ2) is 8.86. The van der Waals surface area contributed by atoms with Crippen LogP contribution in [0.25, 0.3) is 0 Å². The lowest BCUT2D eigenvalue weighted by Gasteiger charge is -2.63. The highest BCUT2D eigenvalue weighted by atomic mass is 14.6. The van der Waals surface area contributed by atoms with Crippen molar-refractivity contribution < 1.29 is 0 Å². The van der Waals surface area contributed by atoms with Crippen molar-refractivity contribution in [2.45, 2.75) is 143 Å². The Kier molecular flexibility index (Phi) is 6.78. The molecule has 0 aromatic carbocycles. The summed E-state index contributed by atoms with van der Waals surface area (Å²) in [6.07, 6.45) is 27.3. The molecule has 4 fully saturated rings. The summed E-state index contributed by atoms with van der Waals surface area (Å²) in [5.74, 6) is 4.06. The van der Waals surface area contributed by atoms with Crippen molar-refractivity contribution in [3.63, 3.8) is 0 Å². The molecule has 4 aliphatic rings. The Hall–Kier alpha value is 0. The van der Waals surface area contributed by atoms with Crippen molar-refractivity contribution >= 4 is 0 Å². The molecule has 0 amide bonds. The van der Waals surface area contributed by atoms with E-state index in [1.54, 1.807) is 19.3 Å². The van der Waals surface area contributed by atoms with Gasteiger partial charge in [-0.25, -0.2) is 0 Å². The standard InChI is InChI=1S/C29H52/c1-27(2,24-16-7-5-8-17-24)22-29(4,25-18-9-6-10-19-25)28(3)21-13-15-23-14-11-12-20-26(23)28/h23-26H,5-22H2,1-4H3. The summed E-state index contributed by atoms with van der Waals surface area (Å²) in [5, 5.41) is 0. The normalized spacial score (nSPS) is 37.7. The van der Waals surface area contributed by atoms with Crippen LogP contribution in [-0.4, -0.2) is 0 Å². The van der Waals surface area contributed by atoms with Crippen LogP contribution in [0.2, 0.25) is 0 Å². The van der Waals surface area contributed by atoms with Crippen molar-refractivity contribution in [2.75, 3.05) is 0 Å². The van der Waals surface area contributed by atoms with E-state index in [0.717, 1.165) is 23.7 Å². The lowest BCUT2D eigenvalue weighted by molar-refractivity contribution is -0.135. The maximum atomic E-state index is 2.84. The molecule has 168 valence electrons. The monoisotopic (exact) mass is 400 g/mol. The third-order valence-corrected chi connectivity index (χ3v) is 11.3. The maximum Gasteiger partial charge on any atom is -0.0236 e. The van der Waals surface area contributed by atoms with Crippen LogP contribution in [0.4, 0.5) is 0 Å². The Morgan fingerprint density at radius 2 is 1.14 bits per heavy atom. The molecule has 0 bridgehead atoms. The average Bonchev–Trinajstić information content (AvgIpc) is 2.75. The summed E-state index contributed by atoms with van der Waals surface area (Å²) in [6, 6.07) is 0. The lowest BCUT2D eigenvalue weighted by Crippen LogP contribution is -2.54. The summed E-state index contributed by atoms with van der Waals surface area (Å²) in [7, 11) is 0. The van der Waals surface area contributed by atoms with Crippen molar-refractivity contribution in [1.82, 2.24) is 0 Å². The van der Waals surface area contributed by atoms with Gasteiger partial charge in [0, 0.05) is 0 Å².